The van der Waals surface area contributed by atoms with E-state index in [0.29, 0.717) is 10.7 Å². The van der Waals surface area contributed by atoms with E-state index >= 15 is 0 Å². The van der Waals surface area contributed by atoms with E-state index in [-0.39, 0.29) is 12.8 Å². The Morgan fingerprint density at radius 2 is 2.31 bits per heavy atom. The minimum Gasteiger partial charge on any atom is -0.481 e. The number of thiol groups is 2. The fraction of sp³-hybridized carbons (Fsp3) is 0.400. The Balaban J connectivity index is 3.01. The maximum Gasteiger partial charge on any atom is 0.303 e. The second-order valence-corrected chi connectivity index (χ2v) is 4.58. The molecule has 1 N–H and O–H groups in total. The molecule has 16 heavy (non-hydrogen) atoms. The predicted molar refractivity (Wildman–Crippen MR) is 65.9 cm³/mol. The lowest BCUT2D eigenvalue weighted by molar-refractivity contribution is -0.137. The number of aromatic nitrogens is 1. The molecular weight excluding hydrogens is 244 g/mol. The highest BCUT2D eigenvalue weighted by Gasteiger charge is 2.30. The van der Waals surface area contributed by atoms with Gasteiger partial charge in [0.1, 0.15) is 0 Å². The Bertz CT molecular complexity index is 450. The standard InChI is InChI=1S/C10H12N2O2S2/c1-10(6-11,5-4-9(13)14)7-2-3-8(15)12(7)16/h2-3,15-16H,4-5H2,1H3,(H,13,14). The van der Waals surface area contributed by atoms with Gasteiger partial charge in [-0.05, 0) is 25.5 Å². The molecule has 0 fully saturated rings. The molecule has 1 atom stereocenters. The molecule has 1 heterocycles. The summed E-state index contributed by atoms with van der Waals surface area (Å²) in [6.45, 7) is 1.70. The van der Waals surface area contributed by atoms with Crippen molar-refractivity contribution in [3.05, 3.63) is 17.8 Å². The molecule has 0 saturated heterocycles. The topological polar surface area (TPSA) is 66.0 Å². The van der Waals surface area contributed by atoms with Gasteiger partial charge in [-0.15, -0.1) is 12.6 Å². The molecule has 0 amide bonds. The Labute approximate surface area is 105 Å². The molecule has 4 nitrogen and oxygen atoms in total. The number of aliphatic carboxylic acids is 1. The fourth-order valence-corrected chi connectivity index (χ4v) is 1.97. The van der Waals surface area contributed by atoms with E-state index in [4.69, 9.17) is 5.11 Å². The molecule has 0 saturated carbocycles. The van der Waals surface area contributed by atoms with Gasteiger partial charge in [0.15, 0.2) is 0 Å². The van der Waals surface area contributed by atoms with Gasteiger partial charge < -0.3 is 5.11 Å². The van der Waals surface area contributed by atoms with Gasteiger partial charge in [-0.3, -0.25) is 8.77 Å². The second kappa shape index (κ2) is 4.85. The largest absolute Gasteiger partial charge is 0.481 e. The first-order valence-corrected chi connectivity index (χ1v) is 5.49. The summed E-state index contributed by atoms with van der Waals surface area (Å²) < 4.78 is 1.49. The first kappa shape index (κ1) is 13.0. The first-order chi connectivity index (χ1) is 7.40. The van der Waals surface area contributed by atoms with Crippen molar-refractivity contribution in [2.45, 2.75) is 30.2 Å². The molecule has 86 valence electrons. The van der Waals surface area contributed by atoms with E-state index in [1.54, 1.807) is 19.1 Å². The molecule has 1 aromatic rings. The van der Waals surface area contributed by atoms with Crippen LogP contribution in [0.3, 0.4) is 0 Å². The minimum atomic E-state index is -0.912. The highest BCUT2D eigenvalue weighted by atomic mass is 32.1. The molecule has 1 aromatic heterocycles. The number of rotatable bonds is 4. The molecule has 0 aliphatic heterocycles. The lowest BCUT2D eigenvalue weighted by Gasteiger charge is -2.21. The highest BCUT2D eigenvalue weighted by Crippen LogP contribution is 2.31. The van der Waals surface area contributed by atoms with Crippen molar-refractivity contribution in [1.29, 1.82) is 5.26 Å². The van der Waals surface area contributed by atoms with Crippen molar-refractivity contribution < 1.29 is 9.90 Å². The number of carbonyl (C=O) groups is 1. The zero-order chi connectivity index (χ0) is 12.3. The van der Waals surface area contributed by atoms with Gasteiger partial charge >= 0.3 is 5.97 Å². The van der Waals surface area contributed by atoms with E-state index in [0.717, 1.165) is 0 Å². The summed E-state index contributed by atoms with van der Waals surface area (Å²) >= 11 is 8.36. The average molecular weight is 256 g/mol. The predicted octanol–water partition coefficient (Wildman–Crippen LogP) is 2.12. The Morgan fingerprint density at radius 3 is 2.69 bits per heavy atom. The molecule has 0 bridgehead atoms. The summed E-state index contributed by atoms with van der Waals surface area (Å²) in [5.41, 5.74) is -0.203. The van der Waals surface area contributed by atoms with Crippen LogP contribution in [0, 0.1) is 11.3 Å². The lowest BCUT2D eigenvalue weighted by Crippen LogP contribution is -2.23. The van der Waals surface area contributed by atoms with Crippen LogP contribution in [0.2, 0.25) is 0 Å². The van der Waals surface area contributed by atoms with Crippen LogP contribution < -0.4 is 0 Å². The molecular formula is C10H12N2O2S2. The Morgan fingerprint density at radius 1 is 1.69 bits per heavy atom. The van der Waals surface area contributed by atoms with Gasteiger partial charge in [0.2, 0.25) is 0 Å². The van der Waals surface area contributed by atoms with Crippen molar-refractivity contribution in [3.8, 4) is 6.07 Å². The quantitative estimate of drug-likeness (QED) is 0.723. The van der Waals surface area contributed by atoms with E-state index in [9.17, 15) is 10.1 Å². The van der Waals surface area contributed by atoms with Crippen molar-refractivity contribution in [3.63, 3.8) is 0 Å². The van der Waals surface area contributed by atoms with Gasteiger partial charge in [-0.2, -0.15) is 5.26 Å². The van der Waals surface area contributed by atoms with Crippen molar-refractivity contribution >= 4 is 31.4 Å². The number of carboxylic acids is 1. The van der Waals surface area contributed by atoms with Gasteiger partial charge in [0, 0.05) is 6.42 Å². The number of hydrogen-bond acceptors (Lipinski definition) is 4. The zero-order valence-electron chi connectivity index (χ0n) is 8.71. The SMILES string of the molecule is CC(C#N)(CCC(=O)O)c1ccc(S)n1S. The molecule has 1 unspecified atom stereocenters. The van der Waals surface area contributed by atoms with Crippen LogP contribution in [0.1, 0.15) is 25.5 Å². The Kier molecular flexibility index (Phi) is 3.94. The molecule has 6 heteroatoms. The maximum absolute atomic E-state index is 10.5. The second-order valence-electron chi connectivity index (χ2n) is 3.73. The minimum absolute atomic E-state index is 0.0507. The smallest absolute Gasteiger partial charge is 0.303 e. The van der Waals surface area contributed by atoms with E-state index in [2.05, 4.69) is 31.5 Å². The molecule has 0 aliphatic rings. The summed E-state index contributed by atoms with van der Waals surface area (Å²) in [4.78, 5) is 10.5. The third-order valence-corrected chi connectivity index (χ3v) is 3.42. The van der Waals surface area contributed by atoms with Gasteiger partial charge in [-0.25, -0.2) is 0 Å². The fourth-order valence-electron chi connectivity index (χ4n) is 1.43. The molecule has 0 aliphatic carbocycles. The molecule has 0 aromatic carbocycles. The van der Waals surface area contributed by atoms with E-state index < -0.39 is 11.4 Å². The summed E-state index contributed by atoms with van der Waals surface area (Å²) in [6, 6.07) is 5.60. The zero-order valence-corrected chi connectivity index (χ0v) is 10.5. The highest BCUT2D eigenvalue weighted by molar-refractivity contribution is 7.82. The van der Waals surface area contributed by atoms with Gasteiger partial charge in [0.05, 0.1) is 22.2 Å². The first-order valence-electron chi connectivity index (χ1n) is 4.64. The van der Waals surface area contributed by atoms with Gasteiger partial charge in [-0.1, -0.05) is 12.8 Å². The average Bonchev–Trinajstić information content (AvgIpc) is 2.57. The molecule has 0 radical (unpaired) electrons. The van der Waals surface area contributed by atoms with Crippen LogP contribution in [0.5, 0.6) is 0 Å². The van der Waals surface area contributed by atoms with Crippen LogP contribution >= 0.6 is 25.4 Å². The van der Waals surface area contributed by atoms with Crippen LogP contribution in [0.15, 0.2) is 17.2 Å². The molecule has 0 spiro atoms. The van der Waals surface area contributed by atoms with Crippen molar-refractivity contribution in [2.75, 3.05) is 0 Å². The van der Waals surface area contributed by atoms with Crippen LogP contribution in [0.4, 0.5) is 0 Å². The van der Waals surface area contributed by atoms with Crippen LogP contribution in [0.25, 0.3) is 0 Å². The third kappa shape index (κ3) is 2.54. The van der Waals surface area contributed by atoms with Crippen molar-refractivity contribution in [2.24, 2.45) is 0 Å². The monoisotopic (exact) mass is 256 g/mol. The van der Waals surface area contributed by atoms with Crippen LogP contribution in [-0.4, -0.2) is 15.0 Å². The lowest BCUT2D eigenvalue weighted by atomic mass is 9.84. The van der Waals surface area contributed by atoms with Crippen molar-refractivity contribution in [1.82, 2.24) is 3.97 Å². The number of hydrogen-bond donors (Lipinski definition) is 3. The number of carboxylic acid groups (broad SMARTS) is 1. The maximum atomic E-state index is 10.5. The van der Waals surface area contributed by atoms with Crippen LogP contribution in [-0.2, 0) is 10.2 Å². The van der Waals surface area contributed by atoms with Gasteiger partial charge in [0.25, 0.3) is 0 Å². The summed E-state index contributed by atoms with van der Waals surface area (Å²) in [5.74, 6) is -0.912. The normalized spacial score (nSPS) is 14.1. The third-order valence-electron chi connectivity index (χ3n) is 2.49. The summed E-state index contributed by atoms with van der Waals surface area (Å²) in [6.07, 6.45) is 0.196. The summed E-state index contributed by atoms with van der Waals surface area (Å²) in [7, 11) is 0. The number of nitrogens with zero attached hydrogens (tertiary/aromatic N) is 2. The van der Waals surface area contributed by atoms with E-state index in [1.165, 1.54) is 3.97 Å². The Hall–Kier alpha value is -1.06. The number of nitriles is 1. The van der Waals surface area contributed by atoms with E-state index in [1.807, 2.05) is 0 Å². The summed E-state index contributed by atoms with van der Waals surface area (Å²) in [5, 5.41) is 18.4. The molecule has 1 rings (SSSR count).